The van der Waals surface area contributed by atoms with Crippen molar-refractivity contribution in [2.45, 2.75) is 6.54 Å². The average Bonchev–Trinajstić information content (AvgIpc) is 3.20. The Bertz CT molecular complexity index is 1160. The molecule has 0 atom stereocenters. The minimum atomic E-state index is -0.548. The van der Waals surface area contributed by atoms with Gasteiger partial charge in [0.05, 0.1) is 34.6 Å². The quantitative estimate of drug-likeness (QED) is 0.520. The summed E-state index contributed by atoms with van der Waals surface area (Å²) in [6.07, 6.45) is 1.58. The number of piperazine rings is 1. The van der Waals surface area contributed by atoms with Crippen molar-refractivity contribution < 1.29 is 9.53 Å². The molecule has 10 heteroatoms. The van der Waals surface area contributed by atoms with Gasteiger partial charge in [0.2, 0.25) is 0 Å². The van der Waals surface area contributed by atoms with Gasteiger partial charge in [0.1, 0.15) is 5.02 Å². The highest BCUT2D eigenvalue weighted by molar-refractivity contribution is 7.16. The molecule has 162 valence electrons. The van der Waals surface area contributed by atoms with E-state index in [1.807, 2.05) is 12.1 Å². The zero-order valence-corrected chi connectivity index (χ0v) is 19.1. The predicted molar refractivity (Wildman–Crippen MR) is 123 cm³/mol. The molecule has 1 fully saturated rings. The van der Waals surface area contributed by atoms with Crippen LogP contribution in [0.4, 0.5) is 5.69 Å². The van der Waals surface area contributed by atoms with E-state index in [4.69, 9.17) is 27.9 Å². The van der Waals surface area contributed by atoms with Crippen molar-refractivity contribution in [1.82, 2.24) is 14.7 Å². The molecule has 31 heavy (non-hydrogen) atoms. The third kappa shape index (κ3) is 4.62. The van der Waals surface area contributed by atoms with Gasteiger partial charge in [0.25, 0.3) is 5.56 Å². The van der Waals surface area contributed by atoms with Crippen molar-refractivity contribution in [1.29, 1.82) is 0 Å². The molecule has 0 saturated carbocycles. The Balaban J connectivity index is 1.53. The van der Waals surface area contributed by atoms with Crippen LogP contribution in [0.5, 0.6) is 0 Å². The molecule has 1 aromatic carbocycles. The molecule has 0 radical (unpaired) electrons. The van der Waals surface area contributed by atoms with Crippen molar-refractivity contribution in [3.63, 3.8) is 0 Å². The minimum Gasteiger partial charge on any atom is -0.465 e. The molecule has 7 nitrogen and oxygen atoms in total. The molecule has 2 aromatic heterocycles. The molecule has 0 unspecified atom stereocenters. The maximum Gasteiger partial charge on any atom is 0.340 e. The van der Waals surface area contributed by atoms with Crippen LogP contribution in [0.2, 0.25) is 9.36 Å². The fraction of sp³-hybridized carbons (Fsp3) is 0.286. The molecule has 1 aliphatic rings. The van der Waals surface area contributed by atoms with Gasteiger partial charge in [-0.2, -0.15) is 9.78 Å². The molecule has 3 aromatic rings. The lowest BCUT2D eigenvalue weighted by molar-refractivity contribution is 0.0600. The third-order valence-corrected chi connectivity index (χ3v) is 6.73. The van der Waals surface area contributed by atoms with Gasteiger partial charge in [-0.1, -0.05) is 35.3 Å². The number of para-hydroxylation sites is 1. The van der Waals surface area contributed by atoms with Crippen LogP contribution in [0.1, 0.15) is 15.2 Å². The fourth-order valence-electron chi connectivity index (χ4n) is 3.56. The lowest BCUT2D eigenvalue weighted by atomic mass is 10.2. The highest BCUT2D eigenvalue weighted by atomic mass is 35.5. The van der Waals surface area contributed by atoms with Gasteiger partial charge in [0.15, 0.2) is 0 Å². The Hall–Kier alpha value is -2.39. The first kappa shape index (κ1) is 21.8. The summed E-state index contributed by atoms with van der Waals surface area (Å²) in [5, 5.41) is 4.37. The van der Waals surface area contributed by atoms with E-state index >= 15 is 0 Å². The number of hydrogen-bond acceptors (Lipinski definition) is 7. The first-order valence-electron chi connectivity index (χ1n) is 9.65. The zero-order valence-electron chi connectivity index (χ0n) is 16.8. The molecule has 0 amide bonds. The van der Waals surface area contributed by atoms with Crippen LogP contribution >= 0.6 is 34.5 Å². The number of aromatic nitrogens is 2. The first-order valence-corrected chi connectivity index (χ1v) is 11.2. The number of carbonyl (C=O) groups excluding carboxylic acids is 1. The highest BCUT2D eigenvalue weighted by Gasteiger charge is 2.23. The second-order valence-electron chi connectivity index (χ2n) is 7.04. The summed E-state index contributed by atoms with van der Waals surface area (Å²) in [4.78, 5) is 30.7. The van der Waals surface area contributed by atoms with E-state index in [2.05, 4.69) is 14.9 Å². The largest absolute Gasteiger partial charge is 0.465 e. The van der Waals surface area contributed by atoms with Crippen molar-refractivity contribution in [2.75, 3.05) is 38.2 Å². The third-order valence-electron chi connectivity index (χ3n) is 5.16. The number of nitrogens with zero attached hydrogens (tertiary/aromatic N) is 4. The molecular weight excluding hydrogens is 459 g/mol. The number of carbonyl (C=O) groups is 1. The summed E-state index contributed by atoms with van der Waals surface area (Å²) in [5.41, 5.74) is 0.682. The zero-order chi connectivity index (χ0) is 22.0. The van der Waals surface area contributed by atoms with Crippen molar-refractivity contribution in [3.05, 3.63) is 72.7 Å². The van der Waals surface area contributed by atoms with Crippen molar-refractivity contribution in [2.24, 2.45) is 0 Å². The number of hydrogen-bond donors (Lipinski definition) is 0. The Morgan fingerprint density at radius 1 is 1.10 bits per heavy atom. The van der Waals surface area contributed by atoms with Gasteiger partial charge in [0, 0.05) is 37.6 Å². The second kappa shape index (κ2) is 9.40. The van der Waals surface area contributed by atoms with Gasteiger partial charge in [-0.05, 0) is 24.3 Å². The van der Waals surface area contributed by atoms with Crippen molar-refractivity contribution >= 4 is 46.2 Å². The normalized spacial score (nSPS) is 14.6. The molecule has 3 heterocycles. The molecular formula is C21H20Cl2N4O3S. The summed E-state index contributed by atoms with van der Waals surface area (Å²) in [7, 11) is 1.29. The minimum absolute atomic E-state index is 0.0770. The number of ether oxygens (including phenoxy) is 1. The van der Waals surface area contributed by atoms with Crippen LogP contribution in [0, 0.1) is 0 Å². The number of methoxy groups -OCH3 is 1. The molecule has 0 N–H and O–H groups in total. The monoisotopic (exact) mass is 478 g/mol. The van der Waals surface area contributed by atoms with E-state index < -0.39 is 11.5 Å². The SMILES string of the molecule is COC(=O)c1ccccc1-n1ncc(N2CCN(Cc3ccc(Cl)s3)CC2)c(Cl)c1=O. The Labute approximate surface area is 193 Å². The van der Waals surface area contributed by atoms with Gasteiger partial charge < -0.3 is 9.64 Å². The van der Waals surface area contributed by atoms with E-state index in [0.717, 1.165) is 41.7 Å². The molecule has 0 bridgehead atoms. The molecule has 4 rings (SSSR count). The standard InChI is InChI=1S/C21H20Cl2N4O3S/c1-30-21(29)15-4-2-3-5-16(15)27-20(28)19(23)17(12-24-27)26-10-8-25(9-11-26)13-14-6-7-18(22)31-14/h2-7,12H,8-11,13H2,1H3. The Morgan fingerprint density at radius 3 is 2.52 bits per heavy atom. The van der Waals surface area contributed by atoms with E-state index in [0.29, 0.717) is 11.4 Å². The summed E-state index contributed by atoms with van der Waals surface area (Å²) < 4.78 is 6.73. The summed E-state index contributed by atoms with van der Waals surface area (Å²) in [6.45, 7) is 3.97. The smallest absolute Gasteiger partial charge is 0.340 e. The van der Waals surface area contributed by atoms with E-state index in [1.54, 1.807) is 41.8 Å². The lowest BCUT2D eigenvalue weighted by Crippen LogP contribution is -2.46. The van der Waals surface area contributed by atoms with Crippen LogP contribution in [0.15, 0.2) is 47.4 Å². The molecule has 1 aliphatic heterocycles. The number of benzene rings is 1. The Morgan fingerprint density at radius 2 is 1.84 bits per heavy atom. The number of halogens is 2. The first-order chi connectivity index (χ1) is 15.0. The van der Waals surface area contributed by atoms with E-state index in [1.165, 1.54) is 12.0 Å². The highest BCUT2D eigenvalue weighted by Crippen LogP contribution is 2.26. The summed E-state index contributed by atoms with van der Waals surface area (Å²) in [5.74, 6) is -0.548. The lowest BCUT2D eigenvalue weighted by Gasteiger charge is -2.36. The second-order valence-corrected chi connectivity index (χ2v) is 9.22. The van der Waals surface area contributed by atoms with Crippen molar-refractivity contribution in [3.8, 4) is 5.69 Å². The molecule has 0 aliphatic carbocycles. The van der Waals surface area contributed by atoms with Crippen LogP contribution in [-0.4, -0.2) is 53.9 Å². The van der Waals surface area contributed by atoms with Gasteiger partial charge in [-0.25, -0.2) is 4.79 Å². The van der Waals surface area contributed by atoms with E-state index in [9.17, 15) is 9.59 Å². The Kier molecular flexibility index (Phi) is 6.62. The van der Waals surface area contributed by atoms with Gasteiger partial charge in [-0.3, -0.25) is 9.69 Å². The van der Waals surface area contributed by atoms with Crippen LogP contribution < -0.4 is 10.5 Å². The molecule has 0 spiro atoms. The maximum atomic E-state index is 13.0. The van der Waals surface area contributed by atoms with Gasteiger partial charge >= 0.3 is 5.97 Å². The number of thiophene rings is 1. The van der Waals surface area contributed by atoms with Crippen LogP contribution in [0.3, 0.4) is 0 Å². The fourth-order valence-corrected chi connectivity index (χ4v) is 4.94. The average molecular weight is 479 g/mol. The number of anilines is 1. The summed E-state index contributed by atoms with van der Waals surface area (Å²) >= 11 is 14.1. The predicted octanol–water partition coefficient (Wildman–Crippen LogP) is 3.71. The molecule has 1 saturated heterocycles. The number of rotatable bonds is 5. The van der Waals surface area contributed by atoms with E-state index in [-0.39, 0.29) is 10.6 Å². The maximum absolute atomic E-state index is 13.0. The van der Waals surface area contributed by atoms with Crippen LogP contribution in [-0.2, 0) is 11.3 Å². The number of esters is 1. The summed E-state index contributed by atoms with van der Waals surface area (Å²) in [6, 6.07) is 10.6. The van der Waals surface area contributed by atoms with Gasteiger partial charge in [-0.15, -0.1) is 11.3 Å². The van der Waals surface area contributed by atoms with Crippen LogP contribution in [0.25, 0.3) is 5.69 Å². The topological polar surface area (TPSA) is 67.7 Å².